The zero-order valence-corrected chi connectivity index (χ0v) is 20.3. The van der Waals surface area contributed by atoms with Crippen molar-refractivity contribution in [3.8, 4) is 0 Å². The van der Waals surface area contributed by atoms with Crippen molar-refractivity contribution < 1.29 is 27.5 Å². The second-order valence-corrected chi connectivity index (χ2v) is 10.5. The minimum atomic E-state index is -4.14. The van der Waals surface area contributed by atoms with Crippen LogP contribution in [0.2, 0.25) is 5.02 Å². The number of anilines is 1. The van der Waals surface area contributed by atoms with E-state index in [1.54, 1.807) is 13.8 Å². The molecule has 1 aliphatic heterocycles. The first-order valence-corrected chi connectivity index (χ1v) is 12.1. The highest BCUT2D eigenvalue weighted by atomic mass is 35.5. The molecule has 3 rings (SSSR count). The summed E-state index contributed by atoms with van der Waals surface area (Å²) in [7, 11) is -2.89. The van der Waals surface area contributed by atoms with E-state index < -0.39 is 39.4 Å². The molecule has 1 atom stereocenters. The Labute approximate surface area is 198 Å². The van der Waals surface area contributed by atoms with Crippen LogP contribution >= 0.6 is 11.6 Å². The monoisotopic (exact) mass is 492 g/mol. The molecule has 176 valence electrons. The van der Waals surface area contributed by atoms with E-state index in [0.717, 1.165) is 9.21 Å². The molecule has 10 heteroatoms. The third-order valence-electron chi connectivity index (χ3n) is 5.78. The number of esters is 1. The number of sulfonamides is 1. The molecule has 1 unspecified atom stereocenters. The number of hydrogen-bond acceptors (Lipinski definition) is 6. The molecule has 0 spiro atoms. The normalized spacial score (nSPS) is 17.0. The van der Waals surface area contributed by atoms with Crippen molar-refractivity contribution in [3.05, 3.63) is 59.1 Å². The molecule has 0 aliphatic carbocycles. The largest absolute Gasteiger partial charge is 0.465 e. The van der Waals surface area contributed by atoms with Crippen LogP contribution in [0.5, 0.6) is 0 Å². The molecular formula is C23H25ClN2O6S. The van der Waals surface area contributed by atoms with Crippen molar-refractivity contribution in [2.75, 3.05) is 12.0 Å². The average molecular weight is 493 g/mol. The Morgan fingerprint density at radius 2 is 1.70 bits per heavy atom. The number of methoxy groups -OCH3 is 1. The summed E-state index contributed by atoms with van der Waals surface area (Å²) in [5.41, 5.74) is -0.446. The Morgan fingerprint density at radius 3 is 2.21 bits per heavy atom. The van der Waals surface area contributed by atoms with Crippen molar-refractivity contribution >= 4 is 45.1 Å². The van der Waals surface area contributed by atoms with Gasteiger partial charge in [0.05, 0.1) is 29.7 Å². The summed E-state index contributed by atoms with van der Waals surface area (Å²) in [6.45, 7) is 5.24. The van der Waals surface area contributed by atoms with Crippen LogP contribution in [0.4, 0.5) is 5.69 Å². The first kappa shape index (κ1) is 24.9. The molecule has 1 aliphatic rings. The van der Waals surface area contributed by atoms with Crippen LogP contribution in [0.25, 0.3) is 0 Å². The predicted molar refractivity (Wildman–Crippen MR) is 124 cm³/mol. The third kappa shape index (κ3) is 4.66. The van der Waals surface area contributed by atoms with Gasteiger partial charge in [-0.1, -0.05) is 18.5 Å². The molecule has 1 heterocycles. The number of imide groups is 1. The predicted octanol–water partition coefficient (Wildman–Crippen LogP) is 3.64. The van der Waals surface area contributed by atoms with E-state index in [1.807, 2.05) is 6.92 Å². The number of carbonyl (C=O) groups is 3. The minimum Gasteiger partial charge on any atom is -0.465 e. The van der Waals surface area contributed by atoms with E-state index in [4.69, 9.17) is 11.6 Å². The molecule has 0 bridgehead atoms. The Hall–Kier alpha value is -2.75. The van der Waals surface area contributed by atoms with Gasteiger partial charge in [0.2, 0.25) is 15.9 Å². The van der Waals surface area contributed by atoms with Crippen LogP contribution in [-0.4, -0.2) is 49.2 Å². The number of hydrogen-bond donors (Lipinski definition) is 0. The molecule has 0 saturated carbocycles. The maximum atomic E-state index is 13.6. The summed E-state index contributed by atoms with van der Waals surface area (Å²) in [6.07, 6.45) is 0.111. The van der Waals surface area contributed by atoms with Crippen molar-refractivity contribution in [1.29, 1.82) is 0 Å². The topological polar surface area (TPSA) is 101 Å². The van der Waals surface area contributed by atoms with Crippen molar-refractivity contribution in [3.63, 3.8) is 0 Å². The zero-order chi connectivity index (χ0) is 24.6. The van der Waals surface area contributed by atoms with Gasteiger partial charge in [-0.05, 0) is 68.8 Å². The highest BCUT2D eigenvalue weighted by molar-refractivity contribution is 7.89. The molecule has 2 amide bonds. The Balaban J connectivity index is 2.02. The van der Waals surface area contributed by atoms with Crippen LogP contribution in [-0.2, 0) is 24.3 Å². The first-order chi connectivity index (χ1) is 15.4. The maximum absolute atomic E-state index is 13.6. The fourth-order valence-electron chi connectivity index (χ4n) is 3.73. The summed E-state index contributed by atoms with van der Waals surface area (Å²) >= 11 is 5.91. The molecule has 8 nitrogen and oxygen atoms in total. The average Bonchev–Trinajstić information content (AvgIpc) is 3.06. The van der Waals surface area contributed by atoms with Crippen molar-refractivity contribution in [2.45, 2.75) is 50.1 Å². The lowest BCUT2D eigenvalue weighted by atomic mass is 10.00. The van der Waals surface area contributed by atoms with Gasteiger partial charge in [-0.3, -0.25) is 9.59 Å². The van der Waals surface area contributed by atoms with E-state index in [1.165, 1.54) is 55.6 Å². The Morgan fingerprint density at radius 1 is 1.12 bits per heavy atom. The molecule has 0 radical (unpaired) electrons. The standard InChI is InChI=1S/C23H25ClN2O6S/c1-5-23(2,3)26(33(30,31)18-12-8-16(24)9-13-18)19-14-20(27)25(21(19)28)17-10-6-15(7-11-17)22(29)32-4/h6-13,19H,5,14H2,1-4H3. The van der Waals surface area contributed by atoms with Gasteiger partial charge in [-0.25, -0.2) is 18.1 Å². The summed E-state index contributed by atoms with van der Waals surface area (Å²) in [5, 5.41) is 0.379. The number of amides is 2. The Kier molecular flexibility index (Phi) is 6.97. The van der Waals surface area contributed by atoms with Crippen LogP contribution in [0, 0.1) is 0 Å². The quantitative estimate of drug-likeness (QED) is 0.432. The summed E-state index contributed by atoms with van der Waals surface area (Å²) in [5.74, 6) is -1.73. The number of halogens is 1. The SMILES string of the molecule is CCC(C)(C)N(C1CC(=O)N(c2ccc(C(=O)OC)cc2)C1=O)S(=O)(=O)c1ccc(Cl)cc1. The smallest absolute Gasteiger partial charge is 0.337 e. The maximum Gasteiger partial charge on any atom is 0.337 e. The van der Waals surface area contributed by atoms with Gasteiger partial charge in [0.15, 0.2) is 0 Å². The van der Waals surface area contributed by atoms with Crippen LogP contribution in [0.1, 0.15) is 44.0 Å². The number of benzene rings is 2. The van der Waals surface area contributed by atoms with E-state index in [0.29, 0.717) is 11.4 Å². The van der Waals surface area contributed by atoms with Gasteiger partial charge < -0.3 is 4.74 Å². The second kappa shape index (κ2) is 9.24. The van der Waals surface area contributed by atoms with Gasteiger partial charge >= 0.3 is 5.97 Å². The third-order valence-corrected chi connectivity index (χ3v) is 8.17. The lowest BCUT2D eigenvalue weighted by molar-refractivity contribution is -0.122. The fraction of sp³-hybridized carbons (Fsp3) is 0.348. The number of nitrogens with zero attached hydrogens (tertiary/aromatic N) is 2. The van der Waals surface area contributed by atoms with E-state index >= 15 is 0 Å². The molecule has 0 aromatic heterocycles. The Bertz CT molecular complexity index is 1180. The number of rotatable bonds is 7. The lowest BCUT2D eigenvalue weighted by Gasteiger charge is -2.39. The summed E-state index contributed by atoms with van der Waals surface area (Å²) in [4.78, 5) is 38.9. The molecule has 33 heavy (non-hydrogen) atoms. The molecule has 2 aromatic carbocycles. The fourth-order valence-corrected chi connectivity index (χ4v) is 5.84. The lowest BCUT2D eigenvalue weighted by Crippen LogP contribution is -2.55. The van der Waals surface area contributed by atoms with Gasteiger partial charge in [-0.15, -0.1) is 0 Å². The molecule has 2 aromatic rings. The highest BCUT2D eigenvalue weighted by Gasteiger charge is 2.51. The molecule has 1 saturated heterocycles. The van der Waals surface area contributed by atoms with E-state index in [9.17, 15) is 22.8 Å². The summed E-state index contributed by atoms with van der Waals surface area (Å²) in [6, 6.07) is 10.2. The number of ether oxygens (including phenoxy) is 1. The van der Waals surface area contributed by atoms with E-state index in [2.05, 4.69) is 4.74 Å². The van der Waals surface area contributed by atoms with Crippen LogP contribution < -0.4 is 4.90 Å². The van der Waals surface area contributed by atoms with Gasteiger partial charge in [0.25, 0.3) is 5.91 Å². The van der Waals surface area contributed by atoms with E-state index in [-0.39, 0.29) is 22.6 Å². The van der Waals surface area contributed by atoms with Gasteiger partial charge in [-0.2, -0.15) is 4.31 Å². The minimum absolute atomic E-state index is 0.0189. The van der Waals surface area contributed by atoms with Gasteiger partial charge in [0, 0.05) is 10.6 Å². The van der Waals surface area contributed by atoms with Crippen LogP contribution in [0.15, 0.2) is 53.4 Å². The second-order valence-electron chi connectivity index (χ2n) is 8.25. The zero-order valence-electron chi connectivity index (χ0n) is 18.7. The molecular weight excluding hydrogens is 468 g/mol. The van der Waals surface area contributed by atoms with Crippen LogP contribution in [0.3, 0.4) is 0 Å². The van der Waals surface area contributed by atoms with Gasteiger partial charge in [0.1, 0.15) is 6.04 Å². The summed E-state index contributed by atoms with van der Waals surface area (Å²) < 4.78 is 33.1. The van der Waals surface area contributed by atoms with Crippen molar-refractivity contribution in [2.24, 2.45) is 0 Å². The first-order valence-electron chi connectivity index (χ1n) is 10.3. The number of carbonyl (C=O) groups excluding carboxylic acids is 3. The highest BCUT2D eigenvalue weighted by Crippen LogP contribution is 2.36. The molecule has 1 fully saturated rings. The van der Waals surface area contributed by atoms with Crippen molar-refractivity contribution in [1.82, 2.24) is 4.31 Å². The molecule has 0 N–H and O–H groups in total.